The third kappa shape index (κ3) is 8.20. The largest absolute Gasteiger partial charge is 0.444 e. The van der Waals surface area contributed by atoms with Crippen LogP contribution in [0.25, 0.3) is 0 Å². The van der Waals surface area contributed by atoms with E-state index in [0.29, 0.717) is 13.0 Å². The van der Waals surface area contributed by atoms with Gasteiger partial charge in [0.15, 0.2) is 0 Å². The number of rotatable bonds is 5. The number of hydrogen-bond donors (Lipinski definition) is 2. The van der Waals surface area contributed by atoms with Crippen LogP contribution in [-0.4, -0.2) is 43.2 Å². The number of carbonyl (C=O) groups is 1. The van der Waals surface area contributed by atoms with Crippen molar-refractivity contribution in [2.75, 3.05) is 20.3 Å². The lowest BCUT2D eigenvalue weighted by molar-refractivity contribution is 0.0456. The Morgan fingerprint density at radius 2 is 2.07 bits per heavy atom. The van der Waals surface area contributed by atoms with Gasteiger partial charge in [0.25, 0.3) is 0 Å². The fourth-order valence-corrected chi connectivity index (χ4v) is 1.03. The van der Waals surface area contributed by atoms with Crippen LogP contribution in [0.15, 0.2) is 0 Å². The maximum absolute atomic E-state index is 11.3. The molecule has 0 heterocycles. The maximum Gasteiger partial charge on any atom is 0.407 e. The van der Waals surface area contributed by atoms with E-state index >= 15 is 0 Å². The second-order valence-electron chi connectivity index (χ2n) is 4.31. The van der Waals surface area contributed by atoms with E-state index < -0.39 is 11.7 Å². The summed E-state index contributed by atoms with van der Waals surface area (Å²) in [6.45, 7) is 5.75. The van der Waals surface area contributed by atoms with Gasteiger partial charge in [0, 0.05) is 13.7 Å². The Bertz CT molecular complexity index is 182. The minimum absolute atomic E-state index is 0.00379. The van der Waals surface area contributed by atoms with E-state index in [1.165, 1.54) is 0 Å². The Balaban J connectivity index is 3.99. The van der Waals surface area contributed by atoms with Gasteiger partial charge in [0.05, 0.1) is 12.6 Å². The Labute approximate surface area is 90.8 Å². The summed E-state index contributed by atoms with van der Waals surface area (Å²) in [5.74, 6) is 0. The lowest BCUT2D eigenvalue weighted by Crippen LogP contribution is -2.41. The second-order valence-corrected chi connectivity index (χ2v) is 4.31. The van der Waals surface area contributed by atoms with Crippen LogP contribution in [0.4, 0.5) is 4.79 Å². The lowest BCUT2D eigenvalue weighted by atomic mass is 10.2. The molecule has 90 valence electrons. The van der Waals surface area contributed by atoms with Gasteiger partial charge in [0.2, 0.25) is 0 Å². The molecule has 1 amide bonds. The van der Waals surface area contributed by atoms with Gasteiger partial charge in [-0.05, 0) is 27.2 Å². The molecule has 2 N–H and O–H groups in total. The van der Waals surface area contributed by atoms with Crippen molar-refractivity contribution in [3.8, 4) is 0 Å². The van der Waals surface area contributed by atoms with E-state index in [1.807, 2.05) is 0 Å². The molecule has 0 aliphatic rings. The zero-order chi connectivity index (χ0) is 11.9. The molecule has 0 saturated carbocycles. The van der Waals surface area contributed by atoms with Crippen LogP contribution < -0.4 is 5.32 Å². The van der Waals surface area contributed by atoms with Gasteiger partial charge in [-0.3, -0.25) is 0 Å². The fraction of sp³-hybridized carbons (Fsp3) is 0.900. The summed E-state index contributed by atoms with van der Waals surface area (Å²) in [6.07, 6.45) is -0.0365. The highest BCUT2D eigenvalue weighted by Crippen LogP contribution is 2.07. The molecule has 0 rings (SSSR count). The van der Waals surface area contributed by atoms with Gasteiger partial charge >= 0.3 is 6.09 Å². The monoisotopic (exact) mass is 219 g/mol. The Morgan fingerprint density at radius 3 is 2.47 bits per heavy atom. The average molecular weight is 219 g/mol. The van der Waals surface area contributed by atoms with E-state index in [1.54, 1.807) is 27.9 Å². The molecule has 0 saturated heterocycles. The van der Waals surface area contributed by atoms with Gasteiger partial charge in [-0.15, -0.1) is 0 Å². The highest BCUT2D eigenvalue weighted by atomic mass is 16.6. The van der Waals surface area contributed by atoms with Crippen LogP contribution >= 0.6 is 0 Å². The molecule has 0 aliphatic heterocycles. The quantitative estimate of drug-likeness (QED) is 0.721. The summed E-state index contributed by atoms with van der Waals surface area (Å²) >= 11 is 0. The number of carbonyl (C=O) groups excluding carboxylic acids is 1. The van der Waals surface area contributed by atoms with Crippen molar-refractivity contribution in [1.29, 1.82) is 0 Å². The van der Waals surface area contributed by atoms with E-state index in [2.05, 4.69) is 5.32 Å². The minimum atomic E-state index is -0.513. The number of hydrogen-bond acceptors (Lipinski definition) is 4. The summed E-state index contributed by atoms with van der Waals surface area (Å²) in [5, 5.41) is 11.4. The molecule has 0 spiro atoms. The molecule has 0 radical (unpaired) electrons. The van der Waals surface area contributed by atoms with Gasteiger partial charge < -0.3 is 19.9 Å². The second kappa shape index (κ2) is 6.63. The molecule has 5 nitrogen and oxygen atoms in total. The molecule has 0 aromatic heterocycles. The predicted molar refractivity (Wildman–Crippen MR) is 56.7 cm³/mol. The standard InChI is InChI=1S/C10H21NO4/c1-10(2,3)15-9(13)11-8(5-6-12)7-14-4/h8,12H,5-7H2,1-4H3,(H,11,13)/t8-/m1/s1. The maximum atomic E-state index is 11.3. The predicted octanol–water partition coefficient (Wildman–Crippen LogP) is 0.908. The number of aliphatic hydroxyl groups is 1. The topological polar surface area (TPSA) is 67.8 Å². The summed E-state index contributed by atoms with van der Waals surface area (Å²) in [5.41, 5.74) is -0.513. The Kier molecular flexibility index (Phi) is 6.27. The molecule has 0 unspecified atom stereocenters. The van der Waals surface area contributed by atoms with Gasteiger partial charge in [-0.1, -0.05) is 0 Å². The first kappa shape index (κ1) is 14.2. The van der Waals surface area contributed by atoms with E-state index in [-0.39, 0.29) is 12.6 Å². The minimum Gasteiger partial charge on any atom is -0.444 e. The SMILES string of the molecule is COC[C@@H](CCO)NC(=O)OC(C)(C)C. The van der Waals surface area contributed by atoms with E-state index in [0.717, 1.165) is 0 Å². The normalized spacial score (nSPS) is 13.4. The third-order valence-corrected chi connectivity index (χ3v) is 1.57. The number of alkyl carbamates (subject to hydrolysis) is 1. The lowest BCUT2D eigenvalue weighted by Gasteiger charge is -2.22. The van der Waals surface area contributed by atoms with Crippen LogP contribution in [0.3, 0.4) is 0 Å². The van der Waals surface area contributed by atoms with E-state index in [9.17, 15) is 4.79 Å². The van der Waals surface area contributed by atoms with Crippen LogP contribution in [0.2, 0.25) is 0 Å². The van der Waals surface area contributed by atoms with E-state index in [4.69, 9.17) is 14.6 Å². The fourth-order valence-electron chi connectivity index (χ4n) is 1.03. The zero-order valence-corrected chi connectivity index (χ0v) is 9.87. The van der Waals surface area contributed by atoms with Crippen LogP contribution in [0.1, 0.15) is 27.2 Å². The number of methoxy groups -OCH3 is 1. The molecule has 0 bridgehead atoms. The molecular weight excluding hydrogens is 198 g/mol. The molecule has 1 atom stereocenters. The first-order valence-corrected chi connectivity index (χ1v) is 4.98. The van der Waals surface area contributed by atoms with Gasteiger partial charge in [-0.25, -0.2) is 4.79 Å². The van der Waals surface area contributed by atoms with Gasteiger partial charge in [0.1, 0.15) is 5.60 Å². The number of amides is 1. The van der Waals surface area contributed by atoms with Crippen molar-refractivity contribution >= 4 is 6.09 Å². The van der Waals surface area contributed by atoms with Crippen molar-refractivity contribution in [3.63, 3.8) is 0 Å². The summed E-state index contributed by atoms with van der Waals surface area (Å²) < 4.78 is 9.98. The number of aliphatic hydroxyl groups excluding tert-OH is 1. The van der Waals surface area contributed by atoms with Crippen molar-refractivity contribution < 1.29 is 19.4 Å². The Morgan fingerprint density at radius 1 is 1.47 bits per heavy atom. The molecule has 5 heteroatoms. The molecule has 0 aliphatic carbocycles. The summed E-state index contributed by atoms with van der Waals surface area (Å²) in [6, 6.07) is -0.213. The van der Waals surface area contributed by atoms with Crippen LogP contribution in [0.5, 0.6) is 0 Å². The number of ether oxygens (including phenoxy) is 2. The molecular formula is C10H21NO4. The van der Waals surface area contributed by atoms with Crippen molar-refractivity contribution in [2.24, 2.45) is 0 Å². The molecule has 0 fully saturated rings. The van der Waals surface area contributed by atoms with Gasteiger partial charge in [-0.2, -0.15) is 0 Å². The molecule has 0 aromatic rings. The van der Waals surface area contributed by atoms with Crippen molar-refractivity contribution in [3.05, 3.63) is 0 Å². The zero-order valence-electron chi connectivity index (χ0n) is 9.87. The Hall–Kier alpha value is -0.810. The smallest absolute Gasteiger partial charge is 0.407 e. The van der Waals surface area contributed by atoms with Crippen LogP contribution in [0, 0.1) is 0 Å². The molecule has 0 aromatic carbocycles. The average Bonchev–Trinajstić information content (AvgIpc) is 2.00. The summed E-state index contributed by atoms with van der Waals surface area (Å²) in [7, 11) is 1.54. The van der Waals surface area contributed by atoms with Crippen molar-refractivity contribution in [2.45, 2.75) is 38.8 Å². The number of nitrogens with one attached hydrogen (secondary N) is 1. The first-order chi connectivity index (χ1) is 6.89. The summed E-state index contributed by atoms with van der Waals surface area (Å²) in [4.78, 5) is 11.3. The highest BCUT2D eigenvalue weighted by Gasteiger charge is 2.18. The molecule has 15 heavy (non-hydrogen) atoms. The van der Waals surface area contributed by atoms with Crippen LogP contribution in [-0.2, 0) is 9.47 Å². The third-order valence-electron chi connectivity index (χ3n) is 1.57. The highest BCUT2D eigenvalue weighted by molar-refractivity contribution is 5.68. The first-order valence-electron chi connectivity index (χ1n) is 4.98. The van der Waals surface area contributed by atoms with Crippen molar-refractivity contribution in [1.82, 2.24) is 5.32 Å².